The third-order valence-corrected chi connectivity index (χ3v) is 4.06. The van der Waals surface area contributed by atoms with Crippen LogP contribution in [0.5, 0.6) is 0 Å². The summed E-state index contributed by atoms with van der Waals surface area (Å²) in [5.74, 6) is 0.824. The minimum Gasteiger partial charge on any atom is -0.295 e. The minimum atomic E-state index is 0.0926. The number of anilines is 1. The Morgan fingerprint density at radius 1 is 1.33 bits per heavy atom. The molecule has 18 heavy (non-hydrogen) atoms. The van der Waals surface area contributed by atoms with E-state index < -0.39 is 0 Å². The van der Waals surface area contributed by atoms with E-state index in [1.54, 1.807) is 11.1 Å². The highest BCUT2D eigenvalue weighted by molar-refractivity contribution is 9.10. The molecule has 3 rings (SSSR count). The van der Waals surface area contributed by atoms with Crippen LogP contribution in [0.3, 0.4) is 0 Å². The van der Waals surface area contributed by atoms with Crippen molar-refractivity contribution in [2.45, 2.75) is 11.7 Å². The molecule has 1 aliphatic heterocycles. The van der Waals surface area contributed by atoms with Crippen LogP contribution in [-0.4, -0.2) is 22.7 Å². The number of carbonyl (C=O) groups excluding carboxylic acids is 1. The summed E-state index contributed by atoms with van der Waals surface area (Å²) in [7, 11) is 0. The molecule has 1 unspecified atom stereocenters. The van der Waals surface area contributed by atoms with Gasteiger partial charge in [-0.25, -0.2) is 4.98 Å². The number of pyridine rings is 1. The van der Waals surface area contributed by atoms with Gasteiger partial charge in [0.25, 0.3) is 0 Å². The lowest BCUT2D eigenvalue weighted by Crippen LogP contribution is -2.25. The van der Waals surface area contributed by atoms with Gasteiger partial charge >= 0.3 is 0 Å². The Labute approximate surface area is 119 Å². The monoisotopic (exact) mass is 322 g/mol. The van der Waals surface area contributed by atoms with Gasteiger partial charge in [-0.1, -0.05) is 24.3 Å². The number of aromatic nitrogens is 1. The largest absolute Gasteiger partial charge is 0.295 e. The van der Waals surface area contributed by atoms with Gasteiger partial charge in [-0.2, -0.15) is 12.6 Å². The molecule has 0 radical (unpaired) electrons. The Balaban J connectivity index is 2.18. The topological polar surface area (TPSA) is 33.2 Å². The molecule has 1 fully saturated rings. The van der Waals surface area contributed by atoms with Crippen LogP contribution < -0.4 is 4.90 Å². The van der Waals surface area contributed by atoms with Gasteiger partial charge in [0, 0.05) is 39.7 Å². The third kappa shape index (κ3) is 1.91. The van der Waals surface area contributed by atoms with E-state index in [1.807, 2.05) is 24.3 Å². The van der Waals surface area contributed by atoms with Gasteiger partial charge in [0.2, 0.25) is 5.91 Å². The first kappa shape index (κ1) is 12.0. The van der Waals surface area contributed by atoms with Gasteiger partial charge in [0.05, 0.1) is 0 Å². The highest BCUT2D eigenvalue weighted by Crippen LogP contribution is 2.32. The van der Waals surface area contributed by atoms with Crippen LogP contribution in [0, 0.1) is 0 Å². The molecule has 1 aliphatic rings. The molecule has 0 spiro atoms. The van der Waals surface area contributed by atoms with E-state index >= 15 is 0 Å². The van der Waals surface area contributed by atoms with Crippen molar-refractivity contribution >= 4 is 51.1 Å². The highest BCUT2D eigenvalue weighted by Gasteiger charge is 2.30. The molecule has 0 bridgehead atoms. The predicted octanol–water partition coefficient (Wildman–Crippen LogP) is 3.03. The van der Waals surface area contributed by atoms with Crippen LogP contribution >= 0.6 is 28.6 Å². The van der Waals surface area contributed by atoms with Crippen LogP contribution in [0.2, 0.25) is 0 Å². The van der Waals surface area contributed by atoms with Gasteiger partial charge < -0.3 is 0 Å². The third-order valence-electron chi connectivity index (χ3n) is 3.09. The number of amides is 1. The summed E-state index contributed by atoms with van der Waals surface area (Å²) in [6.07, 6.45) is 2.23. The van der Waals surface area contributed by atoms with Crippen molar-refractivity contribution in [1.29, 1.82) is 0 Å². The Kier molecular flexibility index (Phi) is 3.03. The molecule has 1 aromatic carbocycles. The van der Waals surface area contributed by atoms with E-state index in [1.165, 1.54) is 0 Å². The van der Waals surface area contributed by atoms with Gasteiger partial charge in [-0.3, -0.25) is 9.69 Å². The van der Waals surface area contributed by atoms with Gasteiger partial charge in [-0.15, -0.1) is 0 Å². The van der Waals surface area contributed by atoms with E-state index in [0.717, 1.165) is 21.1 Å². The molecule has 1 saturated heterocycles. The lowest BCUT2D eigenvalue weighted by atomic mass is 10.1. The maximum absolute atomic E-state index is 11.9. The first-order chi connectivity index (χ1) is 8.66. The Morgan fingerprint density at radius 2 is 2.06 bits per heavy atom. The van der Waals surface area contributed by atoms with Gasteiger partial charge in [0.1, 0.15) is 5.82 Å². The van der Waals surface area contributed by atoms with Crippen molar-refractivity contribution in [2.24, 2.45) is 0 Å². The molecule has 1 aromatic heterocycles. The normalized spacial score (nSPS) is 19.8. The average Bonchev–Trinajstić information content (AvgIpc) is 2.69. The summed E-state index contributed by atoms with van der Waals surface area (Å²) in [5, 5.41) is 2.15. The number of fused-ring (bicyclic) bond motifs is 1. The number of hydrogen-bond donors (Lipinski definition) is 1. The molecule has 0 saturated carbocycles. The molecule has 0 aliphatic carbocycles. The van der Waals surface area contributed by atoms with E-state index in [9.17, 15) is 4.79 Å². The summed E-state index contributed by atoms with van der Waals surface area (Å²) >= 11 is 7.86. The van der Waals surface area contributed by atoms with Crippen LogP contribution in [-0.2, 0) is 4.79 Å². The molecule has 2 aromatic rings. The molecule has 1 amide bonds. The quantitative estimate of drug-likeness (QED) is 0.819. The summed E-state index contributed by atoms with van der Waals surface area (Å²) in [4.78, 5) is 18.1. The minimum absolute atomic E-state index is 0.0926. The second kappa shape index (κ2) is 4.55. The van der Waals surface area contributed by atoms with Crippen molar-refractivity contribution in [3.63, 3.8) is 0 Å². The standard InChI is InChI=1S/C13H11BrN2OS/c14-11-6-15-13(10-4-2-1-3-9(10)11)16-7-8(18)5-12(16)17/h1-4,6,8,18H,5,7H2. The maximum Gasteiger partial charge on any atom is 0.229 e. The van der Waals surface area contributed by atoms with Crippen LogP contribution in [0.25, 0.3) is 10.8 Å². The van der Waals surface area contributed by atoms with Crippen molar-refractivity contribution < 1.29 is 4.79 Å². The fourth-order valence-electron chi connectivity index (χ4n) is 2.25. The second-order valence-corrected chi connectivity index (χ2v) is 5.92. The second-order valence-electron chi connectivity index (χ2n) is 4.34. The molecule has 0 N–H and O–H groups in total. The van der Waals surface area contributed by atoms with Crippen molar-refractivity contribution in [3.8, 4) is 0 Å². The van der Waals surface area contributed by atoms with Gasteiger partial charge in [-0.05, 0) is 15.9 Å². The van der Waals surface area contributed by atoms with Crippen molar-refractivity contribution in [1.82, 2.24) is 4.98 Å². The smallest absolute Gasteiger partial charge is 0.229 e. The molecular formula is C13H11BrN2OS. The summed E-state index contributed by atoms with van der Waals surface area (Å²) in [6.45, 7) is 0.626. The first-order valence-electron chi connectivity index (χ1n) is 5.68. The summed E-state index contributed by atoms with van der Waals surface area (Å²) in [6, 6.07) is 7.94. The number of halogens is 1. The zero-order chi connectivity index (χ0) is 12.7. The molecule has 3 nitrogen and oxygen atoms in total. The van der Waals surface area contributed by atoms with Crippen LogP contribution in [0.1, 0.15) is 6.42 Å². The number of nitrogens with zero attached hydrogens (tertiary/aromatic N) is 2. The number of hydrogen-bond acceptors (Lipinski definition) is 3. The number of carbonyl (C=O) groups is 1. The summed E-state index contributed by atoms with van der Waals surface area (Å²) in [5.41, 5.74) is 0. The summed E-state index contributed by atoms with van der Waals surface area (Å²) < 4.78 is 0.941. The van der Waals surface area contributed by atoms with Crippen LogP contribution in [0.4, 0.5) is 5.82 Å². The Hall–Kier alpha value is -1.07. The number of thiol groups is 1. The van der Waals surface area contributed by atoms with E-state index in [2.05, 4.69) is 33.5 Å². The molecule has 5 heteroatoms. The Morgan fingerprint density at radius 3 is 2.72 bits per heavy atom. The van der Waals surface area contributed by atoms with Crippen molar-refractivity contribution in [3.05, 3.63) is 34.9 Å². The lowest BCUT2D eigenvalue weighted by molar-refractivity contribution is -0.117. The molecular weight excluding hydrogens is 312 g/mol. The lowest BCUT2D eigenvalue weighted by Gasteiger charge is -2.17. The highest BCUT2D eigenvalue weighted by atomic mass is 79.9. The van der Waals surface area contributed by atoms with Crippen LogP contribution in [0.15, 0.2) is 34.9 Å². The maximum atomic E-state index is 11.9. The fraction of sp³-hybridized carbons (Fsp3) is 0.231. The SMILES string of the molecule is O=C1CC(S)CN1c1ncc(Br)c2ccccc12. The number of rotatable bonds is 1. The van der Waals surface area contributed by atoms with E-state index in [4.69, 9.17) is 0 Å². The molecule has 1 atom stereocenters. The average molecular weight is 323 g/mol. The fourth-order valence-corrected chi connectivity index (χ4v) is 3.02. The zero-order valence-electron chi connectivity index (χ0n) is 9.51. The van der Waals surface area contributed by atoms with E-state index in [0.29, 0.717) is 13.0 Å². The van der Waals surface area contributed by atoms with E-state index in [-0.39, 0.29) is 11.2 Å². The van der Waals surface area contributed by atoms with Crippen molar-refractivity contribution in [2.75, 3.05) is 11.4 Å². The zero-order valence-corrected chi connectivity index (χ0v) is 12.0. The first-order valence-corrected chi connectivity index (χ1v) is 6.99. The number of benzene rings is 1. The molecule has 2 heterocycles. The Bertz CT molecular complexity index is 631. The molecule has 92 valence electrons. The predicted molar refractivity (Wildman–Crippen MR) is 79.2 cm³/mol. The van der Waals surface area contributed by atoms with Gasteiger partial charge in [0.15, 0.2) is 0 Å².